The van der Waals surface area contributed by atoms with Crippen molar-refractivity contribution in [1.29, 1.82) is 0 Å². The third-order valence-corrected chi connectivity index (χ3v) is 3.55. The summed E-state index contributed by atoms with van der Waals surface area (Å²) in [7, 11) is 0. The van der Waals surface area contributed by atoms with Crippen molar-refractivity contribution in [3.8, 4) is 17.2 Å². The van der Waals surface area contributed by atoms with Crippen LogP contribution in [0.15, 0.2) is 48.8 Å². The number of aromatic nitrogens is 4. The van der Waals surface area contributed by atoms with Crippen LogP contribution < -0.4 is 14.8 Å². The van der Waals surface area contributed by atoms with Gasteiger partial charge in [-0.15, -0.1) is 5.10 Å². The van der Waals surface area contributed by atoms with E-state index in [0.717, 1.165) is 5.69 Å². The molecule has 1 heterocycles. The summed E-state index contributed by atoms with van der Waals surface area (Å²) in [5, 5.41) is 13.9. The van der Waals surface area contributed by atoms with Gasteiger partial charge in [0, 0.05) is 5.69 Å². The number of nitrogens with one attached hydrogen (secondary N) is 1. The zero-order valence-electron chi connectivity index (χ0n) is 14.5. The molecule has 0 aliphatic heterocycles. The van der Waals surface area contributed by atoms with Gasteiger partial charge in [0.05, 0.1) is 24.5 Å². The maximum atomic E-state index is 12.7. The zero-order chi connectivity index (χ0) is 18.4. The first kappa shape index (κ1) is 17.4. The molecule has 3 aromatic rings. The van der Waals surface area contributed by atoms with Gasteiger partial charge in [-0.05, 0) is 66.7 Å². The van der Waals surface area contributed by atoms with Gasteiger partial charge >= 0.3 is 0 Å². The van der Waals surface area contributed by atoms with Crippen LogP contribution in [0, 0.1) is 0 Å². The van der Waals surface area contributed by atoms with Gasteiger partial charge in [0.25, 0.3) is 5.91 Å². The van der Waals surface area contributed by atoms with E-state index < -0.39 is 0 Å². The maximum absolute atomic E-state index is 12.7. The summed E-state index contributed by atoms with van der Waals surface area (Å²) in [6.07, 6.45) is 1.50. The van der Waals surface area contributed by atoms with E-state index in [1.54, 1.807) is 30.3 Å². The molecule has 1 amide bonds. The third-order valence-electron chi connectivity index (χ3n) is 3.55. The predicted octanol–water partition coefficient (Wildman–Crippen LogP) is 2.71. The van der Waals surface area contributed by atoms with E-state index in [0.29, 0.717) is 36.0 Å². The molecule has 0 aliphatic carbocycles. The lowest BCUT2D eigenvalue weighted by atomic mass is 10.1. The zero-order valence-corrected chi connectivity index (χ0v) is 14.5. The standard InChI is InChI=1S/C18H19N5O3/c1-3-25-15-9-10-17(26-4-2)16(11-15)18(24)20-13-5-7-14(8-6-13)23-12-19-21-22-23/h5-12H,3-4H2,1-2H3,(H,20,24). The first-order valence-electron chi connectivity index (χ1n) is 8.25. The van der Waals surface area contributed by atoms with E-state index in [1.807, 2.05) is 26.0 Å². The molecule has 0 saturated heterocycles. The normalized spacial score (nSPS) is 10.4. The topological polar surface area (TPSA) is 91.2 Å². The summed E-state index contributed by atoms with van der Waals surface area (Å²) in [6, 6.07) is 12.4. The number of carbonyl (C=O) groups is 1. The average Bonchev–Trinajstić information content (AvgIpc) is 3.19. The molecule has 134 valence electrons. The van der Waals surface area contributed by atoms with Crippen LogP contribution in [-0.2, 0) is 0 Å². The van der Waals surface area contributed by atoms with Gasteiger partial charge in [0.15, 0.2) is 0 Å². The van der Waals surface area contributed by atoms with E-state index in [-0.39, 0.29) is 5.91 Å². The van der Waals surface area contributed by atoms with Crippen LogP contribution in [0.3, 0.4) is 0 Å². The Hall–Kier alpha value is -3.42. The van der Waals surface area contributed by atoms with Crippen LogP contribution in [0.5, 0.6) is 11.5 Å². The molecular formula is C18H19N5O3. The first-order chi connectivity index (χ1) is 12.7. The highest BCUT2D eigenvalue weighted by atomic mass is 16.5. The lowest BCUT2D eigenvalue weighted by Crippen LogP contribution is -2.14. The quantitative estimate of drug-likeness (QED) is 0.702. The van der Waals surface area contributed by atoms with Crippen LogP contribution in [0.1, 0.15) is 24.2 Å². The van der Waals surface area contributed by atoms with Gasteiger partial charge < -0.3 is 14.8 Å². The number of amides is 1. The molecule has 0 aliphatic rings. The van der Waals surface area contributed by atoms with Crippen molar-refractivity contribution in [3.63, 3.8) is 0 Å². The largest absolute Gasteiger partial charge is 0.494 e. The first-order valence-corrected chi connectivity index (χ1v) is 8.25. The molecule has 0 spiro atoms. The average molecular weight is 353 g/mol. The predicted molar refractivity (Wildman–Crippen MR) is 95.9 cm³/mol. The van der Waals surface area contributed by atoms with Crippen LogP contribution in [0.2, 0.25) is 0 Å². The molecule has 8 nitrogen and oxygen atoms in total. The van der Waals surface area contributed by atoms with Gasteiger partial charge in [-0.3, -0.25) is 4.79 Å². The number of hydrogen-bond donors (Lipinski definition) is 1. The lowest BCUT2D eigenvalue weighted by Gasteiger charge is -2.13. The molecule has 0 saturated carbocycles. The number of carbonyl (C=O) groups excluding carboxylic acids is 1. The van der Waals surface area contributed by atoms with Crippen molar-refractivity contribution in [1.82, 2.24) is 20.2 Å². The molecule has 2 aromatic carbocycles. The SMILES string of the molecule is CCOc1ccc(OCC)c(C(=O)Nc2ccc(-n3cnnn3)cc2)c1. The summed E-state index contributed by atoms with van der Waals surface area (Å²) in [4.78, 5) is 12.7. The fourth-order valence-electron chi connectivity index (χ4n) is 2.40. The molecule has 0 radical (unpaired) electrons. The summed E-state index contributed by atoms with van der Waals surface area (Å²) in [6.45, 7) is 4.75. The Morgan fingerprint density at radius 2 is 1.85 bits per heavy atom. The number of rotatable bonds is 7. The Labute approximate surface area is 150 Å². The fraction of sp³-hybridized carbons (Fsp3) is 0.222. The summed E-state index contributed by atoms with van der Waals surface area (Å²) < 4.78 is 12.6. The van der Waals surface area contributed by atoms with Gasteiger partial charge in [-0.1, -0.05) is 0 Å². The van der Waals surface area contributed by atoms with Crippen molar-refractivity contribution in [2.75, 3.05) is 18.5 Å². The molecular weight excluding hydrogens is 334 g/mol. The van der Waals surface area contributed by atoms with Crippen LogP contribution in [0.25, 0.3) is 5.69 Å². The van der Waals surface area contributed by atoms with Crippen molar-refractivity contribution in [3.05, 3.63) is 54.4 Å². The fourth-order valence-corrected chi connectivity index (χ4v) is 2.40. The molecule has 1 N–H and O–H groups in total. The minimum atomic E-state index is -0.273. The number of nitrogens with zero attached hydrogens (tertiary/aromatic N) is 4. The Kier molecular flexibility index (Phi) is 5.43. The van der Waals surface area contributed by atoms with Gasteiger partial charge in [-0.25, -0.2) is 4.68 Å². The Balaban J connectivity index is 1.79. The van der Waals surface area contributed by atoms with Gasteiger partial charge in [0.1, 0.15) is 17.8 Å². The van der Waals surface area contributed by atoms with E-state index in [2.05, 4.69) is 20.8 Å². The number of ether oxygens (including phenoxy) is 2. The van der Waals surface area contributed by atoms with Crippen molar-refractivity contribution >= 4 is 11.6 Å². The lowest BCUT2D eigenvalue weighted by molar-refractivity contribution is 0.102. The summed E-state index contributed by atoms with van der Waals surface area (Å²) in [5.74, 6) is 0.860. The minimum Gasteiger partial charge on any atom is -0.494 e. The Morgan fingerprint density at radius 3 is 2.50 bits per heavy atom. The van der Waals surface area contributed by atoms with Crippen molar-refractivity contribution < 1.29 is 14.3 Å². The van der Waals surface area contributed by atoms with E-state index in [9.17, 15) is 4.79 Å². The molecule has 0 atom stereocenters. The summed E-state index contributed by atoms with van der Waals surface area (Å²) in [5.41, 5.74) is 1.86. The molecule has 0 unspecified atom stereocenters. The van der Waals surface area contributed by atoms with Crippen LogP contribution in [-0.4, -0.2) is 39.3 Å². The number of benzene rings is 2. The summed E-state index contributed by atoms with van der Waals surface area (Å²) >= 11 is 0. The molecule has 0 fully saturated rings. The van der Waals surface area contributed by atoms with E-state index in [1.165, 1.54) is 11.0 Å². The van der Waals surface area contributed by atoms with Crippen molar-refractivity contribution in [2.24, 2.45) is 0 Å². The molecule has 3 rings (SSSR count). The Bertz CT molecular complexity index is 863. The highest BCUT2D eigenvalue weighted by molar-refractivity contribution is 6.06. The Morgan fingerprint density at radius 1 is 1.08 bits per heavy atom. The third kappa shape index (κ3) is 3.97. The maximum Gasteiger partial charge on any atom is 0.259 e. The second-order valence-electron chi connectivity index (χ2n) is 5.28. The molecule has 26 heavy (non-hydrogen) atoms. The van der Waals surface area contributed by atoms with Gasteiger partial charge in [-0.2, -0.15) is 0 Å². The second-order valence-corrected chi connectivity index (χ2v) is 5.28. The van der Waals surface area contributed by atoms with E-state index >= 15 is 0 Å². The highest BCUT2D eigenvalue weighted by Gasteiger charge is 2.14. The van der Waals surface area contributed by atoms with Gasteiger partial charge in [0.2, 0.25) is 0 Å². The number of anilines is 1. The van der Waals surface area contributed by atoms with Crippen LogP contribution in [0.4, 0.5) is 5.69 Å². The second kappa shape index (κ2) is 8.11. The monoisotopic (exact) mass is 353 g/mol. The number of tetrazole rings is 1. The van der Waals surface area contributed by atoms with Crippen molar-refractivity contribution in [2.45, 2.75) is 13.8 Å². The minimum absolute atomic E-state index is 0.273. The molecule has 8 heteroatoms. The molecule has 1 aromatic heterocycles. The highest BCUT2D eigenvalue weighted by Crippen LogP contribution is 2.26. The number of hydrogen-bond acceptors (Lipinski definition) is 6. The van der Waals surface area contributed by atoms with Crippen LogP contribution >= 0.6 is 0 Å². The smallest absolute Gasteiger partial charge is 0.259 e. The molecule has 0 bridgehead atoms. The van der Waals surface area contributed by atoms with E-state index in [4.69, 9.17) is 9.47 Å².